The molecule has 2 aromatic heterocycles. The molecule has 0 aliphatic heterocycles. The summed E-state index contributed by atoms with van der Waals surface area (Å²) in [5.41, 5.74) is 0. The first-order chi connectivity index (χ1) is 13.5. The van der Waals surface area contributed by atoms with Gasteiger partial charge in [0, 0.05) is 35.8 Å². The number of methoxy groups -OCH3 is 2. The Balaban J connectivity index is 0.00000450. The maximum absolute atomic E-state index is 12.3. The van der Waals surface area contributed by atoms with E-state index in [2.05, 4.69) is 19.7 Å². The minimum absolute atomic E-state index is 0. The number of aromatic nitrogens is 3. The van der Waals surface area contributed by atoms with E-state index in [9.17, 15) is 26.4 Å². The fraction of sp³-hybridized carbons (Fsp3) is 0.286. The second-order valence-electron chi connectivity index (χ2n) is 5.05. The zero-order chi connectivity index (χ0) is 21.7. The zero-order valence-electron chi connectivity index (χ0n) is 15.8. The second kappa shape index (κ2) is 10.6. The Morgan fingerprint density at radius 3 is 2.30 bits per heavy atom. The van der Waals surface area contributed by atoms with Gasteiger partial charge in [0.05, 0.1) is 20.3 Å². The Labute approximate surface area is 190 Å². The number of pyridine rings is 1. The van der Waals surface area contributed by atoms with Crippen LogP contribution in [0.3, 0.4) is 0 Å². The summed E-state index contributed by atoms with van der Waals surface area (Å²) in [6.45, 7) is -1.75. The van der Waals surface area contributed by atoms with Crippen molar-refractivity contribution in [2.24, 2.45) is 0 Å². The van der Waals surface area contributed by atoms with E-state index in [0.29, 0.717) is 0 Å². The number of sulfonamides is 1. The molecule has 0 unspecified atom stereocenters. The van der Waals surface area contributed by atoms with E-state index in [1.807, 2.05) is 5.32 Å². The van der Waals surface area contributed by atoms with Gasteiger partial charge in [-0.05, 0) is 12.1 Å². The summed E-state index contributed by atoms with van der Waals surface area (Å²) >= 11 is 0. The van der Waals surface area contributed by atoms with Gasteiger partial charge in [0.2, 0.25) is 22.7 Å². The molecule has 2 aromatic rings. The smallest absolute Gasteiger partial charge is 0.422 e. The molecule has 0 aliphatic carbocycles. The summed E-state index contributed by atoms with van der Waals surface area (Å²) in [6.07, 6.45) is -3.70. The fourth-order valence-corrected chi connectivity index (χ4v) is 2.80. The van der Waals surface area contributed by atoms with Gasteiger partial charge in [0.25, 0.3) is 10.0 Å². The van der Waals surface area contributed by atoms with Gasteiger partial charge >= 0.3 is 12.2 Å². The molecule has 0 saturated heterocycles. The van der Waals surface area contributed by atoms with Gasteiger partial charge in [-0.2, -0.15) is 31.6 Å². The van der Waals surface area contributed by atoms with Gasteiger partial charge in [-0.1, -0.05) is 0 Å². The zero-order valence-corrected chi connectivity index (χ0v) is 18.7. The number of rotatable bonds is 7. The van der Waals surface area contributed by atoms with Crippen molar-refractivity contribution in [2.45, 2.75) is 11.2 Å². The number of halogens is 3. The number of hydrogen-bond acceptors (Lipinski definition) is 9. The van der Waals surface area contributed by atoms with Gasteiger partial charge in [-0.25, -0.2) is 14.5 Å². The number of carbonyl (C=O) groups excluding carboxylic acids is 1. The molecule has 0 fully saturated rings. The second-order valence-corrected chi connectivity index (χ2v) is 6.64. The summed E-state index contributed by atoms with van der Waals surface area (Å²) < 4.78 is 77.5. The van der Waals surface area contributed by atoms with Crippen molar-refractivity contribution in [1.82, 2.24) is 19.7 Å². The molecular weight excluding hydrogens is 446 g/mol. The van der Waals surface area contributed by atoms with Crippen LogP contribution in [0.25, 0.3) is 0 Å². The number of urea groups is 1. The molecule has 0 atom stereocenters. The number of anilines is 1. The molecule has 16 heteroatoms. The Morgan fingerprint density at radius 2 is 1.77 bits per heavy atom. The topological polar surface area (TPSA) is 142 Å². The molecule has 2 heterocycles. The SMILES string of the molecule is COc1cc(OC)nc(NC(=O)NS(=O)(=O)c2ncccc2OCC(F)(F)F)n1.[Na]. The first-order valence-corrected chi connectivity index (χ1v) is 8.98. The van der Waals surface area contributed by atoms with Crippen LogP contribution in [0.15, 0.2) is 29.4 Å². The molecule has 0 bridgehead atoms. The minimum Gasteiger partial charge on any atom is -0.481 e. The van der Waals surface area contributed by atoms with Crippen molar-refractivity contribution in [1.29, 1.82) is 0 Å². The summed E-state index contributed by atoms with van der Waals surface area (Å²) in [6, 6.07) is 2.12. The molecule has 0 aliphatic rings. The third kappa shape index (κ3) is 7.47. The van der Waals surface area contributed by atoms with Crippen LogP contribution in [0.5, 0.6) is 17.5 Å². The molecule has 1 radical (unpaired) electrons. The van der Waals surface area contributed by atoms with Gasteiger partial charge in [-0.3, -0.25) is 5.32 Å². The molecule has 159 valence electrons. The number of alkyl halides is 3. The third-order valence-corrected chi connectivity index (χ3v) is 4.20. The normalized spacial score (nSPS) is 11.1. The summed E-state index contributed by atoms with van der Waals surface area (Å²) in [5.74, 6) is -1.02. The van der Waals surface area contributed by atoms with Gasteiger partial charge < -0.3 is 14.2 Å². The predicted octanol–water partition coefficient (Wildman–Crippen LogP) is 0.959. The number of hydrogen-bond donors (Lipinski definition) is 2. The quantitative estimate of drug-likeness (QED) is 0.578. The molecule has 0 spiro atoms. The maximum atomic E-state index is 12.3. The van der Waals surface area contributed by atoms with E-state index in [-0.39, 0.29) is 47.3 Å². The minimum atomic E-state index is -4.70. The molecule has 30 heavy (non-hydrogen) atoms. The van der Waals surface area contributed by atoms with Gasteiger partial charge in [0.15, 0.2) is 12.4 Å². The number of amides is 2. The average Bonchev–Trinajstić information content (AvgIpc) is 2.65. The number of nitrogens with zero attached hydrogens (tertiary/aromatic N) is 3. The van der Waals surface area contributed by atoms with Crippen LogP contribution < -0.4 is 24.2 Å². The van der Waals surface area contributed by atoms with Crippen molar-refractivity contribution >= 4 is 51.6 Å². The standard InChI is InChI=1S/C14H14F3N5O6S.Na/c1-26-9-6-10(27-2)20-12(19-9)21-13(23)22-29(24,25)11-8(4-3-5-18-11)28-7-14(15,16)17;/h3-6H,7H2,1-2H3,(H2,19,20,21,22,23);. The molecule has 2 amide bonds. The van der Waals surface area contributed by atoms with E-state index in [1.165, 1.54) is 26.4 Å². The molecule has 11 nitrogen and oxygen atoms in total. The average molecular weight is 460 g/mol. The number of ether oxygens (including phenoxy) is 3. The Kier molecular flexibility index (Phi) is 9.08. The largest absolute Gasteiger partial charge is 0.481 e. The van der Waals surface area contributed by atoms with E-state index in [0.717, 1.165) is 12.3 Å². The first kappa shape index (κ1) is 25.7. The Bertz CT molecular complexity index is 970. The van der Waals surface area contributed by atoms with Crippen molar-refractivity contribution in [3.63, 3.8) is 0 Å². The fourth-order valence-electron chi connectivity index (χ4n) is 1.81. The van der Waals surface area contributed by atoms with Crippen LogP contribution in [0, 0.1) is 0 Å². The van der Waals surface area contributed by atoms with Gasteiger partial charge in [0.1, 0.15) is 0 Å². The van der Waals surface area contributed by atoms with E-state index in [4.69, 9.17) is 9.47 Å². The van der Waals surface area contributed by atoms with E-state index >= 15 is 0 Å². The summed E-state index contributed by atoms with van der Waals surface area (Å²) in [7, 11) is -2.11. The first-order valence-electron chi connectivity index (χ1n) is 7.49. The van der Waals surface area contributed by atoms with Crippen molar-refractivity contribution < 1.29 is 40.6 Å². The van der Waals surface area contributed by atoms with Crippen LogP contribution in [-0.4, -0.2) is 86.0 Å². The molecule has 2 rings (SSSR count). The van der Waals surface area contributed by atoms with E-state index < -0.39 is 39.6 Å². The third-order valence-electron chi connectivity index (χ3n) is 2.93. The van der Waals surface area contributed by atoms with Crippen LogP contribution in [0.4, 0.5) is 23.9 Å². The molecule has 0 aromatic carbocycles. The molecule has 0 saturated carbocycles. The summed E-state index contributed by atoms with van der Waals surface area (Å²) in [4.78, 5) is 23.0. The predicted molar refractivity (Wildman–Crippen MR) is 96.0 cm³/mol. The Hall–Kier alpha value is -2.36. The van der Waals surface area contributed by atoms with Crippen molar-refractivity contribution in [3.05, 3.63) is 24.4 Å². The number of nitrogens with one attached hydrogen (secondary N) is 2. The molecular formula is C14H14F3N5NaO6S. The van der Waals surface area contributed by atoms with Crippen LogP contribution >= 0.6 is 0 Å². The van der Waals surface area contributed by atoms with E-state index in [1.54, 1.807) is 4.72 Å². The summed E-state index contributed by atoms with van der Waals surface area (Å²) in [5, 5.41) is 1.12. The van der Waals surface area contributed by atoms with Crippen LogP contribution in [0.1, 0.15) is 0 Å². The van der Waals surface area contributed by atoms with Crippen molar-refractivity contribution in [3.8, 4) is 17.5 Å². The Morgan fingerprint density at radius 1 is 1.17 bits per heavy atom. The maximum Gasteiger partial charge on any atom is 0.422 e. The van der Waals surface area contributed by atoms with Crippen molar-refractivity contribution in [2.75, 3.05) is 26.1 Å². The van der Waals surface area contributed by atoms with Crippen LogP contribution in [-0.2, 0) is 10.0 Å². The number of carbonyl (C=O) groups is 1. The molecule has 2 N–H and O–H groups in total. The monoisotopic (exact) mass is 460 g/mol. The van der Waals surface area contributed by atoms with Gasteiger partial charge in [-0.15, -0.1) is 0 Å². The van der Waals surface area contributed by atoms with Crippen LogP contribution in [0.2, 0.25) is 0 Å².